The molecule has 4 aromatic rings. The molecule has 0 bridgehead atoms. The SMILES string of the molecule is O=C(c1ccc2nccnc2c1)N1CCN(c2ncnc3ccccc23)CC1. The summed E-state index contributed by atoms with van der Waals surface area (Å²) in [6.07, 6.45) is 4.90. The molecule has 2 aromatic carbocycles. The first-order valence-electron chi connectivity index (χ1n) is 9.24. The number of piperazine rings is 1. The molecule has 0 N–H and O–H groups in total. The fourth-order valence-corrected chi connectivity index (χ4v) is 3.64. The molecule has 5 rings (SSSR count). The van der Waals surface area contributed by atoms with E-state index in [4.69, 9.17) is 0 Å². The van der Waals surface area contributed by atoms with E-state index in [0.29, 0.717) is 18.7 Å². The smallest absolute Gasteiger partial charge is 0.254 e. The van der Waals surface area contributed by atoms with Crippen LogP contribution in [0, 0.1) is 0 Å². The predicted molar refractivity (Wildman–Crippen MR) is 107 cm³/mol. The molecule has 0 aliphatic carbocycles. The Bertz CT molecular complexity index is 1160. The van der Waals surface area contributed by atoms with Gasteiger partial charge in [-0.3, -0.25) is 14.8 Å². The summed E-state index contributed by atoms with van der Waals surface area (Å²) in [5.41, 5.74) is 3.11. The lowest BCUT2D eigenvalue weighted by Crippen LogP contribution is -2.49. The van der Waals surface area contributed by atoms with Crippen molar-refractivity contribution in [3.05, 3.63) is 66.7 Å². The van der Waals surface area contributed by atoms with Gasteiger partial charge < -0.3 is 9.80 Å². The maximum absolute atomic E-state index is 12.9. The molecule has 3 heterocycles. The van der Waals surface area contributed by atoms with Crippen molar-refractivity contribution in [2.75, 3.05) is 31.1 Å². The zero-order valence-corrected chi connectivity index (χ0v) is 15.2. The van der Waals surface area contributed by atoms with Crippen molar-refractivity contribution >= 4 is 33.7 Å². The van der Waals surface area contributed by atoms with E-state index < -0.39 is 0 Å². The van der Waals surface area contributed by atoms with Gasteiger partial charge in [-0.15, -0.1) is 0 Å². The lowest BCUT2D eigenvalue weighted by atomic mass is 10.1. The van der Waals surface area contributed by atoms with E-state index in [0.717, 1.165) is 40.8 Å². The Kier molecular flexibility index (Phi) is 4.05. The Morgan fingerprint density at radius 3 is 2.43 bits per heavy atom. The Morgan fingerprint density at radius 2 is 1.57 bits per heavy atom. The summed E-state index contributed by atoms with van der Waals surface area (Å²) in [5.74, 6) is 0.957. The first-order valence-corrected chi connectivity index (χ1v) is 9.24. The number of hydrogen-bond acceptors (Lipinski definition) is 6. The van der Waals surface area contributed by atoms with E-state index in [9.17, 15) is 4.79 Å². The largest absolute Gasteiger partial charge is 0.352 e. The van der Waals surface area contributed by atoms with Crippen LogP contribution in [0.3, 0.4) is 0 Å². The Balaban J connectivity index is 1.34. The third-order valence-electron chi connectivity index (χ3n) is 5.10. The summed E-state index contributed by atoms with van der Waals surface area (Å²) in [6, 6.07) is 13.5. The summed E-state index contributed by atoms with van der Waals surface area (Å²) in [6.45, 7) is 2.77. The van der Waals surface area contributed by atoms with Crippen LogP contribution in [0.5, 0.6) is 0 Å². The third-order valence-corrected chi connectivity index (χ3v) is 5.10. The minimum Gasteiger partial charge on any atom is -0.352 e. The fraction of sp³-hybridized carbons (Fsp3) is 0.190. The molecule has 1 fully saturated rings. The van der Waals surface area contributed by atoms with Gasteiger partial charge in [-0.2, -0.15) is 0 Å². The molecule has 28 heavy (non-hydrogen) atoms. The highest BCUT2D eigenvalue weighted by molar-refractivity contribution is 5.97. The van der Waals surface area contributed by atoms with E-state index in [1.54, 1.807) is 18.7 Å². The van der Waals surface area contributed by atoms with E-state index in [1.807, 2.05) is 47.4 Å². The summed E-state index contributed by atoms with van der Waals surface area (Å²) in [7, 11) is 0. The van der Waals surface area contributed by atoms with Crippen LogP contribution in [0.4, 0.5) is 5.82 Å². The van der Waals surface area contributed by atoms with Crippen LogP contribution < -0.4 is 4.90 Å². The van der Waals surface area contributed by atoms with E-state index >= 15 is 0 Å². The first-order chi connectivity index (χ1) is 13.8. The molecular formula is C21H18N6O. The molecule has 1 aliphatic heterocycles. The van der Waals surface area contributed by atoms with Crippen molar-refractivity contribution < 1.29 is 4.79 Å². The lowest BCUT2D eigenvalue weighted by Gasteiger charge is -2.35. The van der Waals surface area contributed by atoms with E-state index in [-0.39, 0.29) is 5.91 Å². The van der Waals surface area contributed by atoms with Crippen molar-refractivity contribution in [3.63, 3.8) is 0 Å². The van der Waals surface area contributed by atoms with Crippen LogP contribution in [0.25, 0.3) is 21.9 Å². The maximum Gasteiger partial charge on any atom is 0.254 e. The maximum atomic E-state index is 12.9. The number of carbonyl (C=O) groups excluding carboxylic acids is 1. The third kappa shape index (κ3) is 2.90. The average molecular weight is 370 g/mol. The number of anilines is 1. The standard InChI is InChI=1S/C21H18N6O/c28-21(15-5-6-18-19(13-15)23-8-7-22-18)27-11-9-26(10-12-27)20-16-3-1-2-4-17(16)24-14-25-20/h1-8,13-14H,9-12H2. The summed E-state index contributed by atoms with van der Waals surface area (Å²) >= 11 is 0. The molecular weight excluding hydrogens is 352 g/mol. The van der Waals surface area contributed by atoms with Crippen LogP contribution in [0.15, 0.2) is 61.2 Å². The number of carbonyl (C=O) groups is 1. The molecule has 2 aromatic heterocycles. The monoisotopic (exact) mass is 370 g/mol. The van der Waals surface area contributed by atoms with Crippen molar-refractivity contribution in [2.24, 2.45) is 0 Å². The predicted octanol–water partition coefficient (Wildman–Crippen LogP) is 2.54. The van der Waals surface area contributed by atoms with Gasteiger partial charge in [-0.05, 0) is 30.3 Å². The molecule has 7 nitrogen and oxygen atoms in total. The highest BCUT2D eigenvalue weighted by Gasteiger charge is 2.24. The van der Waals surface area contributed by atoms with Crippen molar-refractivity contribution in [1.82, 2.24) is 24.8 Å². The molecule has 0 spiro atoms. The van der Waals surface area contributed by atoms with Gasteiger partial charge in [-0.1, -0.05) is 12.1 Å². The first kappa shape index (κ1) is 16.6. The second-order valence-electron chi connectivity index (χ2n) is 6.75. The van der Waals surface area contributed by atoms with E-state index in [1.165, 1.54) is 0 Å². The van der Waals surface area contributed by atoms with Crippen molar-refractivity contribution in [1.29, 1.82) is 0 Å². The molecule has 0 saturated carbocycles. The zero-order chi connectivity index (χ0) is 18.9. The number of rotatable bonds is 2. The number of nitrogens with zero attached hydrogens (tertiary/aromatic N) is 6. The highest BCUT2D eigenvalue weighted by Crippen LogP contribution is 2.24. The van der Waals surface area contributed by atoms with Gasteiger partial charge >= 0.3 is 0 Å². The lowest BCUT2D eigenvalue weighted by molar-refractivity contribution is 0.0747. The van der Waals surface area contributed by atoms with Gasteiger partial charge in [-0.25, -0.2) is 9.97 Å². The number of aromatic nitrogens is 4. The highest BCUT2D eigenvalue weighted by atomic mass is 16.2. The van der Waals surface area contributed by atoms with Crippen LogP contribution in [-0.2, 0) is 0 Å². The van der Waals surface area contributed by atoms with Gasteiger partial charge in [0.05, 0.1) is 16.6 Å². The second-order valence-corrected chi connectivity index (χ2v) is 6.75. The van der Waals surface area contributed by atoms with Crippen LogP contribution in [0.2, 0.25) is 0 Å². The number of fused-ring (bicyclic) bond motifs is 2. The number of para-hydroxylation sites is 1. The van der Waals surface area contributed by atoms with Gasteiger partial charge in [0.1, 0.15) is 12.1 Å². The number of benzene rings is 2. The summed E-state index contributed by atoms with van der Waals surface area (Å²) in [5, 5.41) is 1.04. The fourth-order valence-electron chi connectivity index (χ4n) is 3.64. The Hall–Kier alpha value is -3.61. The zero-order valence-electron chi connectivity index (χ0n) is 15.2. The van der Waals surface area contributed by atoms with E-state index in [2.05, 4.69) is 24.8 Å². The summed E-state index contributed by atoms with van der Waals surface area (Å²) < 4.78 is 0. The van der Waals surface area contributed by atoms with Crippen LogP contribution in [0.1, 0.15) is 10.4 Å². The second kappa shape index (κ2) is 6.84. The minimum atomic E-state index is 0.0275. The van der Waals surface area contributed by atoms with Gasteiger partial charge in [0.15, 0.2) is 0 Å². The molecule has 1 amide bonds. The molecule has 1 aliphatic rings. The number of amides is 1. The number of hydrogen-bond donors (Lipinski definition) is 0. The van der Waals surface area contributed by atoms with Crippen molar-refractivity contribution in [2.45, 2.75) is 0 Å². The minimum absolute atomic E-state index is 0.0275. The average Bonchev–Trinajstić information content (AvgIpc) is 2.78. The van der Waals surface area contributed by atoms with Gasteiger partial charge in [0.25, 0.3) is 5.91 Å². The van der Waals surface area contributed by atoms with Gasteiger partial charge in [0, 0.05) is 49.5 Å². The topological polar surface area (TPSA) is 75.1 Å². The van der Waals surface area contributed by atoms with Crippen molar-refractivity contribution in [3.8, 4) is 0 Å². The van der Waals surface area contributed by atoms with Crippen LogP contribution >= 0.6 is 0 Å². The molecule has 0 radical (unpaired) electrons. The summed E-state index contributed by atoms with van der Waals surface area (Å²) in [4.78, 5) is 34.4. The molecule has 138 valence electrons. The van der Waals surface area contributed by atoms with Gasteiger partial charge in [0.2, 0.25) is 0 Å². The molecule has 0 unspecified atom stereocenters. The quantitative estimate of drug-likeness (QED) is 0.540. The molecule has 7 heteroatoms. The Labute approximate surface area is 161 Å². The normalized spacial score (nSPS) is 14.6. The van der Waals surface area contributed by atoms with Crippen LogP contribution in [-0.4, -0.2) is 56.9 Å². The molecule has 0 atom stereocenters. The molecule has 1 saturated heterocycles. The Morgan fingerprint density at radius 1 is 0.786 bits per heavy atom.